The number of nitrogens with zero attached hydrogens (tertiary/aromatic N) is 1. The van der Waals surface area contributed by atoms with Gasteiger partial charge in [-0.2, -0.15) is 8.78 Å². The van der Waals surface area contributed by atoms with Crippen LogP contribution in [0, 0.1) is 0 Å². The van der Waals surface area contributed by atoms with E-state index in [0.29, 0.717) is 13.0 Å². The number of hydrogen-bond donors (Lipinski definition) is 1. The Labute approximate surface area is 112 Å². The highest BCUT2D eigenvalue weighted by Crippen LogP contribution is 2.28. The van der Waals surface area contributed by atoms with E-state index in [1.807, 2.05) is 6.92 Å². The highest BCUT2D eigenvalue weighted by molar-refractivity contribution is 7.91. The van der Waals surface area contributed by atoms with Crippen LogP contribution >= 0.6 is 0 Å². The van der Waals surface area contributed by atoms with Crippen molar-refractivity contribution in [3.8, 4) is 0 Å². The molecule has 1 unspecified atom stereocenters. The number of sulfone groups is 1. The molecular formula is C12H18F2N2O2S. The molecule has 0 aliphatic heterocycles. The van der Waals surface area contributed by atoms with Crippen LogP contribution in [0.25, 0.3) is 0 Å². The van der Waals surface area contributed by atoms with E-state index in [2.05, 4.69) is 0 Å². The maximum Gasteiger partial charge on any atom is 0.341 e. The van der Waals surface area contributed by atoms with Gasteiger partial charge in [0, 0.05) is 19.6 Å². The number of para-hydroxylation sites is 1. The summed E-state index contributed by atoms with van der Waals surface area (Å²) in [5.41, 5.74) is 5.89. The molecule has 0 fully saturated rings. The van der Waals surface area contributed by atoms with E-state index < -0.39 is 15.6 Å². The van der Waals surface area contributed by atoms with Gasteiger partial charge in [0.15, 0.2) is 0 Å². The van der Waals surface area contributed by atoms with Gasteiger partial charge < -0.3 is 10.6 Å². The van der Waals surface area contributed by atoms with Gasteiger partial charge in [-0.15, -0.1) is 0 Å². The van der Waals surface area contributed by atoms with Crippen LogP contribution < -0.4 is 10.6 Å². The fraction of sp³-hybridized carbons (Fsp3) is 0.500. The Morgan fingerprint density at radius 2 is 1.89 bits per heavy atom. The molecular weight excluding hydrogens is 274 g/mol. The molecule has 108 valence electrons. The standard InChI is InChI=1S/C12H18F2N2O2S/c1-9(15)7-8-16(2)10-5-3-4-6-11(10)19(17,18)12(13)14/h3-6,9,12H,7-8,15H2,1-2H3. The summed E-state index contributed by atoms with van der Waals surface area (Å²) in [7, 11) is -2.94. The first-order valence-corrected chi connectivity index (χ1v) is 7.39. The van der Waals surface area contributed by atoms with Gasteiger partial charge in [-0.1, -0.05) is 12.1 Å². The zero-order valence-electron chi connectivity index (χ0n) is 10.9. The zero-order chi connectivity index (χ0) is 14.6. The van der Waals surface area contributed by atoms with Crippen molar-refractivity contribution in [3.05, 3.63) is 24.3 Å². The van der Waals surface area contributed by atoms with E-state index in [1.165, 1.54) is 18.2 Å². The van der Waals surface area contributed by atoms with Gasteiger partial charge in [0.2, 0.25) is 9.84 Å². The molecule has 0 amide bonds. The maximum absolute atomic E-state index is 12.6. The summed E-state index contributed by atoms with van der Waals surface area (Å²) in [6.45, 7) is 2.32. The first kappa shape index (κ1) is 15.8. The molecule has 1 atom stereocenters. The summed E-state index contributed by atoms with van der Waals surface area (Å²) < 4.78 is 48.4. The van der Waals surface area contributed by atoms with E-state index in [9.17, 15) is 17.2 Å². The highest BCUT2D eigenvalue weighted by Gasteiger charge is 2.29. The topological polar surface area (TPSA) is 63.4 Å². The van der Waals surface area contributed by atoms with Crippen molar-refractivity contribution < 1.29 is 17.2 Å². The van der Waals surface area contributed by atoms with E-state index in [1.54, 1.807) is 18.0 Å². The zero-order valence-corrected chi connectivity index (χ0v) is 11.7. The second kappa shape index (κ2) is 6.29. The van der Waals surface area contributed by atoms with Gasteiger partial charge in [-0.05, 0) is 25.5 Å². The van der Waals surface area contributed by atoms with Crippen molar-refractivity contribution in [1.29, 1.82) is 0 Å². The Bertz CT molecular complexity index is 518. The second-order valence-electron chi connectivity index (χ2n) is 4.46. The minimum absolute atomic E-state index is 0.0404. The summed E-state index contributed by atoms with van der Waals surface area (Å²) in [6, 6.07) is 5.71. The number of rotatable bonds is 6. The molecule has 0 heterocycles. The molecule has 2 N–H and O–H groups in total. The summed E-state index contributed by atoms with van der Waals surface area (Å²) >= 11 is 0. The Morgan fingerprint density at radius 3 is 2.42 bits per heavy atom. The first-order valence-electron chi connectivity index (χ1n) is 5.84. The average Bonchev–Trinajstić information content (AvgIpc) is 2.35. The van der Waals surface area contributed by atoms with Gasteiger partial charge in [-0.25, -0.2) is 8.42 Å². The predicted octanol–water partition coefficient (Wildman–Crippen LogP) is 1.86. The average molecular weight is 292 g/mol. The summed E-state index contributed by atoms with van der Waals surface area (Å²) in [4.78, 5) is 1.27. The summed E-state index contributed by atoms with van der Waals surface area (Å²) in [6.07, 6.45) is 0.638. The molecule has 4 nitrogen and oxygen atoms in total. The van der Waals surface area contributed by atoms with Crippen LogP contribution in [0.2, 0.25) is 0 Å². The van der Waals surface area contributed by atoms with Crippen LogP contribution in [-0.2, 0) is 9.84 Å². The fourth-order valence-electron chi connectivity index (χ4n) is 1.63. The van der Waals surface area contributed by atoms with Crippen molar-refractivity contribution in [2.75, 3.05) is 18.5 Å². The number of alkyl halides is 2. The third kappa shape index (κ3) is 3.87. The number of anilines is 1. The van der Waals surface area contributed by atoms with Crippen molar-refractivity contribution in [2.45, 2.75) is 30.0 Å². The van der Waals surface area contributed by atoms with E-state index >= 15 is 0 Å². The lowest BCUT2D eigenvalue weighted by Gasteiger charge is -2.23. The molecule has 0 aromatic heterocycles. The van der Waals surface area contributed by atoms with Crippen LogP contribution in [0.3, 0.4) is 0 Å². The Morgan fingerprint density at radius 1 is 1.32 bits per heavy atom. The summed E-state index contributed by atoms with van der Waals surface area (Å²) in [5.74, 6) is -3.42. The highest BCUT2D eigenvalue weighted by atomic mass is 32.2. The van der Waals surface area contributed by atoms with E-state index in [4.69, 9.17) is 5.73 Å². The van der Waals surface area contributed by atoms with Gasteiger partial charge in [0.1, 0.15) is 0 Å². The molecule has 0 aliphatic rings. The van der Waals surface area contributed by atoms with Crippen LogP contribution in [-0.4, -0.2) is 33.8 Å². The number of benzene rings is 1. The monoisotopic (exact) mass is 292 g/mol. The SMILES string of the molecule is CC(N)CCN(C)c1ccccc1S(=O)(=O)C(F)F. The molecule has 0 aliphatic carbocycles. The van der Waals surface area contributed by atoms with Crippen LogP contribution in [0.5, 0.6) is 0 Å². The van der Waals surface area contributed by atoms with E-state index in [-0.39, 0.29) is 16.6 Å². The molecule has 0 radical (unpaired) electrons. The number of hydrogen-bond acceptors (Lipinski definition) is 4. The van der Waals surface area contributed by atoms with Gasteiger partial charge in [0.25, 0.3) is 0 Å². The molecule has 1 aromatic rings. The fourth-order valence-corrected chi connectivity index (χ4v) is 2.60. The quantitative estimate of drug-likeness (QED) is 0.869. The van der Waals surface area contributed by atoms with Crippen LogP contribution in [0.1, 0.15) is 13.3 Å². The second-order valence-corrected chi connectivity index (χ2v) is 6.35. The van der Waals surface area contributed by atoms with E-state index in [0.717, 1.165) is 0 Å². The lowest BCUT2D eigenvalue weighted by Crippen LogP contribution is -2.27. The van der Waals surface area contributed by atoms with Gasteiger partial charge in [-0.3, -0.25) is 0 Å². The molecule has 0 bridgehead atoms. The Kier molecular flexibility index (Phi) is 5.25. The van der Waals surface area contributed by atoms with Gasteiger partial charge in [0.05, 0.1) is 10.6 Å². The third-order valence-electron chi connectivity index (χ3n) is 2.74. The lowest BCUT2D eigenvalue weighted by atomic mass is 10.2. The smallest absolute Gasteiger partial charge is 0.341 e. The van der Waals surface area contributed by atoms with Crippen LogP contribution in [0.15, 0.2) is 29.2 Å². The molecule has 1 rings (SSSR count). The molecule has 1 aromatic carbocycles. The predicted molar refractivity (Wildman–Crippen MR) is 71.2 cm³/mol. The Hall–Kier alpha value is -1.21. The minimum Gasteiger partial charge on any atom is -0.373 e. The number of halogens is 2. The summed E-state index contributed by atoms with van der Waals surface area (Å²) in [5, 5.41) is 0. The molecule has 0 saturated heterocycles. The van der Waals surface area contributed by atoms with Crippen molar-refractivity contribution >= 4 is 15.5 Å². The van der Waals surface area contributed by atoms with Crippen LogP contribution in [0.4, 0.5) is 14.5 Å². The maximum atomic E-state index is 12.6. The molecule has 0 spiro atoms. The third-order valence-corrected chi connectivity index (χ3v) is 4.16. The first-order chi connectivity index (χ1) is 8.76. The molecule has 0 saturated carbocycles. The van der Waals surface area contributed by atoms with Crippen molar-refractivity contribution in [2.24, 2.45) is 5.73 Å². The van der Waals surface area contributed by atoms with Crippen molar-refractivity contribution in [3.63, 3.8) is 0 Å². The molecule has 19 heavy (non-hydrogen) atoms. The Balaban J connectivity index is 3.09. The number of nitrogens with two attached hydrogens (primary N) is 1. The lowest BCUT2D eigenvalue weighted by molar-refractivity contribution is 0.235. The normalized spacial score (nSPS) is 13.6. The molecule has 7 heteroatoms. The largest absolute Gasteiger partial charge is 0.373 e. The minimum atomic E-state index is -4.60. The van der Waals surface area contributed by atoms with Gasteiger partial charge >= 0.3 is 5.76 Å². The van der Waals surface area contributed by atoms with Crippen molar-refractivity contribution in [1.82, 2.24) is 0 Å².